The van der Waals surface area contributed by atoms with Gasteiger partial charge in [-0.05, 0) is 50.6 Å². The standard InChI is InChI=1S/C18H23N3O2S/c1-13-17(24-12-20-13)11-21(10-14-6-7-19-9-14)18(22)15-4-3-5-16(8-15)23-2/h3-5,8,12,14,19H,6-7,9-11H2,1-2H3/t14-/m0/s1. The quantitative estimate of drug-likeness (QED) is 0.875. The van der Waals surface area contributed by atoms with Crippen molar-refractivity contribution in [2.24, 2.45) is 5.92 Å². The zero-order chi connectivity index (χ0) is 16.9. The molecular formula is C18H23N3O2S. The third kappa shape index (κ3) is 3.94. The molecule has 0 aliphatic carbocycles. The molecule has 2 aromatic rings. The van der Waals surface area contributed by atoms with Gasteiger partial charge in [0.1, 0.15) is 5.75 Å². The van der Waals surface area contributed by atoms with Crippen molar-refractivity contribution < 1.29 is 9.53 Å². The Hall–Kier alpha value is -1.92. The molecular weight excluding hydrogens is 322 g/mol. The lowest BCUT2D eigenvalue weighted by atomic mass is 10.1. The van der Waals surface area contributed by atoms with Gasteiger partial charge >= 0.3 is 0 Å². The zero-order valence-corrected chi connectivity index (χ0v) is 14.9. The minimum atomic E-state index is 0.0496. The number of nitrogens with one attached hydrogen (secondary N) is 1. The summed E-state index contributed by atoms with van der Waals surface area (Å²) in [5.41, 5.74) is 3.52. The second-order valence-electron chi connectivity index (χ2n) is 6.14. The van der Waals surface area contributed by atoms with Crippen molar-refractivity contribution in [3.63, 3.8) is 0 Å². The minimum Gasteiger partial charge on any atom is -0.497 e. The van der Waals surface area contributed by atoms with Crippen LogP contribution in [0.25, 0.3) is 0 Å². The van der Waals surface area contributed by atoms with Crippen LogP contribution in [-0.2, 0) is 6.54 Å². The highest BCUT2D eigenvalue weighted by molar-refractivity contribution is 7.09. The number of carbonyl (C=O) groups is 1. The number of amides is 1. The minimum absolute atomic E-state index is 0.0496. The summed E-state index contributed by atoms with van der Waals surface area (Å²) >= 11 is 1.61. The first kappa shape index (κ1) is 16.9. The largest absolute Gasteiger partial charge is 0.497 e. The van der Waals surface area contributed by atoms with E-state index in [2.05, 4.69) is 10.3 Å². The van der Waals surface area contributed by atoms with Gasteiger partial charge in [0.05, 0.1) is 24.9 Å². The van der Waals surface area contributed by atoms with E-state index in [1.165, 1.54) is 0 Å². The second kappa shape index (κ2) is 7.77. The summed E-state index contributed by atoms with van der Waals surface area (Å²) in [4.78, 5) is 20.5. The number of benzene rings is 1. The average molecular weight is 345 g/mol. The molecule has 0 spiro atoms. The maximum Gasteiger partial charge on any atom is 0.254 e. The van der Waals surface area contributed by atoms with Gasteiger partial charge < -0.3 is 15.0 Å². The molecule has 5 nitrogen and oxygen atoms in total. The number of thiazole rings is 1. The van der Waals surface area contributed by atoms with Gasteiger partial charge in [-0.15, -0.1) is 11.3 Å². The van der Waals surface area contributed by atoms with E-state index in [4.69, 9.17) is 4.74 Å². The topological polar surface area (TPSA) is 54.5 Å². The molecule has 3 rings (SSSR count). The summed E-state index contributed by atoms with van der Waals surface area (Å²) in [6.45, 7) is 5.38. The third-order valence-electron chi connectivity index (χ3n) is 4.42. The molecule has 1 aromatic carbocycles. The summed E-state index contributed by atoms with van der Waals surface area (Å²) < 4.78 is 5.25. The van der Waals surface area contributed by atoms with Crippen LogP contribution >= 0.6 is 11.3 Å². The van der Waals surface area contributed by atoms with Crippen LogP contribution in [0.4, 0.5) is 0 Å². The van der Waals surface area contributed by atoms with E-state index in [-0.39, 0.29) is 5.91 Å². The lowest BCUT2D eigenvalue weighted by Gasteiger charge is -2.25. The SMILES string of the molecule is COc1cccc(C(=O)N(Cc2scnc2C)C[C@H]2CCNC2)c1. The van der Waals surface area contributed by atoms with Gasteiger partial charge in [-0.2, -0.15) is 0 Å². The van der Waals surface area contributed by atoms with E-state index < -0.39 is 0 Å². The Labute approximate surface area is 146 Å². The Morgan fingerprint density at radius 3 is 3.04 bits per heavy atom. The first-order valence-corrected chi connectivity index (χ1v) is 9.08. The molecule has 1 aliphatic heterocycles. The molecule has 0 radical (unpaired) electrons. The van der Waals surface area contributed by atoms with E-state index in [1.807, 2.05) is 41.6 Å². The number of aromatic nitrogens is 1. The number of nitrogens with zero attached hydrogens (tertiary/aromatic N) is 2. The molecule has 0 bridgehead atoms. The number of methoxy groups -OCH3 is 1. The molecule has 0 saturated carbocycles. The molecule has 1 amide bonds. The number of hydrogen-bond donors (Lipinski definition) is 1. The summed E-state index contributed by atoms with van der Waals surface area (Å²) in [5.74, 6) is 1.26. The van der Waals surface area contributed by atoms with Crippen molar-refractivity contribution in [3.8, 4) is 5.75 Å². The molecule has 1 aromatic heterocycles. The molecule has 1 N–H and O–H groups in total. The molecule has 128 valence electrons. The average Bonchev–Trinajstić information content (AvgIpc) is 3.26. The van der Waals surface area contributed by atoms with Crippen LogP contribution < -0.4 is 10.1 Å². The first-order valence-electron chi connectivity index (χ1n) is 8.20. The number of carbonyl (C=O) groups excluding carboxylic acids is 1. The van der Waals surface area contributed by atoms with Gasteiger partial charge in [0.25, 0.3) is 5.91 Å². The number of rotatable bonds is 6. The fraction of sp³-hybridized carbons (Fsp3) is 0.444. The molecule has 1 fully saturated rings. The van der Waals surface area contributed by atoms with E-state index >= 15 is 0 Å². The highest BCUT2D eigenvalue weighted by Gasteiger charge is 2.24. The van der Waals surface area contributed by atoms with Crippen LogP contribution in [0.5, 0.6) is 5.75 Å². The molecule has 1 aliphatic rings. The molecule has 1 atom stereocenters. The predicted molar refractivity (Wildman–Crippen MR) is 95.6 cm³/mol. The van der Waals surface area contributed by atoms with E-state index in [0.717, 1.165) is 36.6 Å². The molecule has 1 saturated heterocycles. The van der Waals surface area contributed by atoms with Gasteiger partial charge in [0.2, 0.25) is 0 Å². The molecule has 2 heterocycles. The van der Waals surface area contributed by atoms with Gasteiger partial charge in [-0.25, -0.2) is 4.98 Å². The van der Waals surface area contributed by atoms with Crippen LogP contribution in [0.15, 0.2) is 29.8 Å². The van der Waals surface area contributed by atoms with Crippen molar-refractivity contribution in [2.45, 2.75) is 19.9 Å². The van der Waals surface area contributed by atoms with Gasteiger partial charge in [-0.3, -0.25) is 4.79 Å². The molecule has 6 heteroatoms. The number of aryl methyl sites for hydroxylation is 1. The predicted octanol–water partition coefficient (Wildman–Crippen LogP) is 2.71. The van der Waals surface area contributed by atoms with Gasteiger partial charge in [0, 0.05) is 17.0 Å². The number of ether oxygens (including phenoxy) is 1. The maximum absolute atomic E-state index is 13.1. The van der Waals surface area contributed by atoms with E-state index in [9.17, 15) is 4.79 Å². The van der Waals surface area contributed by atoms with Gasteiger partial charge in [0.15, 0.2) is 0 Å². The third-order valence-corrected chi connectivity index (χ3v) is 5.34. The second-order valence-corrected chi connectivity index (χ2v) is 7.08. The van der Waals surface area contributed by atoms with Crippen LogP contribution in [-0.4, -0.2) is 42.5 Å². The summed E-state index contributed by atoms with van der Waals surface area (Å²) in [6.07, 6.45) is 1.11. The Balaban J connectivity index is 1.81. The van der Waals surface area contributed by atoms with Crippen molar-refractivity contribution in [1.29, 1.82) is 0 Å². The monoisotopic (exact) mass is 345 g/mol. The van der Waals surface area contributed by atoms with E-state index in [1.54, 1.807) is 18.4 Å². The molecule has 24 heavy (non-hydrogen) atoms. The Morgan fingerprint density at radius 2 is 2.38 bits per heavy atom. The van der Waals surface area contributed by atoms with Crippen LogP contribution in [0.3, 0.4) is 0 Å². The smallest absolute Gasteiger partial charge is 0.254 e. The van der Waals surface area contributed by atoms with Crippen molar-refractivity contribution in [1.82, 2.24) is 15.2 Å². The fourth-order valence-electron chi connectivity index (χ4n) is 2.99. The van der Waals surface area contributed by atoms with Crippen LogP contribution in [0, 0.1) is 12.8 Å². The van der Waals surface area contributed by atoms with Crippen LogP contribution in [0.1, 0.15) is 27.3 Å². The summed E-state index contributed by atoms with van der Waals surface area (Å²) in [6, 6.07) is 7.38. The fourth-order valence-corrected chi connectivity index (χ4v) is 3.78. The van der Waals surface area contributed by atoms with Gasteiger partial charge in [-0.1, -0.05) is 6.07 Å². The summed E-state index contributed by atoms with van der Waals surface area (Å²) in [5, 5.41) is 3.38. The van der Waals surface area contributed by atoms with Crippen molar-refractivity contribution in [3.05, 3.63) is 45.9 Å². The first-order chi connectivity index (χ1) is 11.7. The highest BCUT2D eigenvalue weighted by atomic mass is 32.1. The highest BCUT2D eigenvalue weighted by Crippen LogP contribution is 2.21. The van der Waals surface area contributed by atoms with Crippen molar-refractivity contribution in [2.75, 3.05) is 26.7 Å². The number of hydrogen-bond acceptors (Lipinski definition) is 5. The zero-order valence-electron chi connectivity index (χ0n) is 14.1. The normalized spacial score (nSPS) is 17.0. The van der Waals surface area contributed by atoms with E-state index in [0.29, 0.717) is 23.8 Å². The van der Waals surface area contributed by atoms with Crippen molar-refractivity contribution >= 4 is 17.2 Å². The lowest BCUT2D eigenvalue weighted by molar-refractivity contribution is 0.0720. The summed E-state index contributed by atoms with van der Waals surface area (Å²) in [7, 11) is 1.62. The van der Waals surface area contributed by atoms with Crippen LogP contribution in [0.2, 0.25) is 0 Å². The Bertz CT molecular complexity index is 695. The maximum atomic E-state index is 13.1. The Kier molecular flexibility index (Phi) is 5.48. The Morgan fingerprint density at radius 1 is 1.50 bits per heavy atom. The lowest BCUT2D eigenvalue weighted by Crippen LogP contribution is -2.35. The molecule has 0 unspecified atom stereocenters.